The van der Waals surface area contributed by atoms with Gasteiger partial charge >= 0.3 is 0 Å². The molecule has 7 rings (SSSR count). The predicted molar refractivity (Wildman–Crippen MR) is 153 cm³/mol. The van der Waals surface area contributed by atoms with Crippen molar-refractivity contribution in [3.63, 3.8) is 0 Å². The molecule has 0 saturated carbocycles. The first-order chi connectivity index (χ1) is 16.1. The zero-order chi connectivity index (χ0) is 23.6. The van der Waals surface area contributed by atoms with E-state index >= 15 is 0 Å². The molecule has 7 aromatic rings. The van der Waals surface area contributed by atoms with Gasteiger partial charge in [0, 0.05) is 70.3 Å². The van der Waals surface area contributed by atoms with Crippen molar-refractivity contribution in [3.05, 3.63) is 58.3 Å². The Labute approximate surface area is 212 Å². The van der Waals surface area contributed by atoms with E-state index in [-0.39, 0.29) is 0 Å². The predicted octanol–water partition coefficient (Wildman–Crippen LogP) is 9.31. The lowest BCUT2D eigenvalue weighted by Gasteiger charge is -2.13. The number of aliphatic hydroxyl groups is 2. The second-order valence-corrected chi connectivity index (χ2v) is 14.4. The van der Waals surface area contributed by atoms with E-state index in [1.807, 2.05) is 50.4 Å². The normalized spacial score (nSPS) is 13.6. The lowest BCUT2D eigenvalue weighted by atomic mass is 10.00. The number of hydrogen-bond acceptors (Lipinski definition) is 6. The molecule has 4 aromatic heterocycles. The maximum atomic E-state index is 10.7. The highest BCUT2D eigenvalue weighted by Crippen LogP contribution is 2.50. The van der Waals surface area contributed by atoms with Crippen molar-refractivity contribution in [2.75, 3.05) is 0 Å². The van der Waals surface area contributed by atoms with Crippen LogP contribution in [0.2, 0.25) is 0 Å². The molecule has 170 valence electrons. The minimum atomic E-state index is -0.859. The summed E-state index contributed by atoms with van der Waals surface area (Å²) in [5, 5.41) is 29.1. The maximum Gasteiger partial charge on any atom is 0.0932 e. The summed E-state index contributed by atoms with van der Waals surface area (Å²) < 4.78 is 7.58. The molecule has 0 aliphatic rings. The lowest BCUT2D eigenvalue weighted by molar-refractivity contribution is 0.0820. The number of rotatable bonds is 2. The molecule has 0 unspecified atom stereocenters. The highest BCUT2D eigenvalue weighted by molar-refractivity contribution is 7.28. The molecule has 34 heavy (non-hydrogen) atoms. The van der Waals surface area contributed by atoms with Gasteiger partial charge < -0.3 is 10.2 Å². The first-order valence-corrected chi connectivity index (χ1v) is 14.5. The van der Waals surface area contributed by atoms with E-state index < -0.39 is 11.2 Å². The first-order valence-electron chi connectivity index (χ1n) is 11.2. The fourth-order valence-corrected chi connectivity index (χ4v) is 9.34. The molecule has 2 nitrogen and oxygen atoms in total. The van der Waals surface area contributed by atoms with Crippen molar-refractivity contribution in [3.8, 4) is 0 Å². The van der Waals surface area contributed by atoms with Crippen LogP contribution < -0.4 is 0 Å². The monoisotopic (exact) mass is 518 g/mol. The Balaban J connectivity index is 1.71. The molecular weight excluding hydrogens is 497 g/mol. The number of benzene rings is 3. The minimum absolute atomic E-state index is 0.859. The Hall–Kier alpha value is -2.06. The van der Waals surface area contributed by atoms with Gasteiger partial charge in [-0.05, 0) is 76.2 Å². The Morgan fingerprint density at radius 1 is 0.471 bits per heavy atom. The second-order valence-electron chi connectivity index (χ2n) is 10.1. The van der Waals surface area contributed by atoms with E-state index in [0.717, 1.165) is 9.75 Å². The molecule has 0 amide bonds. The molecule has 6 heteroatoms. The molecule has 0 fully saturated rings. The van der Waals surface area contributed by atoms with Crippen LogP contribution in [0.15, 0.2) is 48.5 Å². The number of thiophene rings is 4. The third kappa shape index (κ3) is 2.90. The van der Waals surface area contributed by atoms with Gasteiger partial charge in [-0.1, -0.05) is 0 Å². The van der Waals surface area contributed by atoms with Crippen molar-refractivity contribution >= 4 is 106 Å². The summed E-state index contributed by atoms with van der Waals surface area (Å²) in [5.74, 6) is 0. The van der Waals surface area contributed by atoms with Crippen LogP contribution >= 0.6 is 45.3 Å². The quantitative estimate of drug-likeness (QED) is 0.239. The molecule has 4 heterocycles. The standard InChI is InChI=1S/C28H22O2S4/c1-27(2,29)21-11-13-15(33-21)5-7-17-23(13)25-19(31-17)9-10-20-26(25)24-14-12-22(28(3,4)30)34-16(14)6-8-18(24)32-20/h5-12,29-30H,1-4H3. The summed E-state index contributed by atoms with van der Waals surface area (Å²) in [6.45, 7) is 7.44. The van der Waals surface area contributed by atoms with Gasteiger partial charge in [0.15, 0.2) is 0 Å². The van der Waals surface area contributed by atoms with Gasteiger partial charge in [-0.15, -0.1) is 45.3 Å². The fourth-order valence-electron chi connectivity index (χ4n) is 4.94. The molecule has 2 N–H and O–H groups in total. The first kappa shape index (κ1) is 21.2. The largest absolute Gasteiger partial charge is 0.385 e. The highest BCUT2D eigenvalue weighted by Gasteiger charge is 2.24. The molecule has 0 spiro atoms. The van der Waals surface area contributed by atoms with Crippen LogP contribution in [0.4, 0.5) is 0 Å². The molecular formula is C28H22O2S4. The average molecular weight is 519 g/mol. The van der Waals surface area contributed by atoms with Crippen molar-refractivity contribution in [2.24, 2.45) is 0 Å². The van der Waals surface area contributed by atoms with E-state index in [1.165, 1.54) is 60.5 Å². The van der Waals surface area contributed by atoms with Crippen LogP contribution in [0.3, 0.4) is 0 Å². The Kier molecular flexibility index (Phi) is 4.24. The highest BCUT2D eigenvalue weighted by atomic mass is 32.1. The van der Waals surface area contributed by atoms with Crippen molar-refractivity contribution in [1.29, 1.82) is 0 Å². The van der Waals surface area contributed by atoms with Crippen LogP contribution in [0, 0.1) is 0 Å². The fraction of sp³-hybridized carbons (Fsp3) is 0.214. The van der Waals surface area contributed by atoms with Crippen LogP contribution in [-0.4, -0.2) is 10.2 Å². The van der Waals surface area contributed by atoms with Gasteiger partial charge in [0.1, 0.15) is 0 Å². The average Bonchev–Trinajstić information content (AvgIpc) is 3.50. The third-order valence-corrected chi connectivity index (χ3v) is 11.7. The zero-order valence-electron chi connectivity index (χ0n) is 19.1. The molecule has 0 aliphatic carbocycles. The molecule has 0 aliphatic heterocycles. The summed E-state index contributed by atoms with van der Waals surface area (Å²) in [5.41, 5.74) is -1.72. The van der Waals surface area contributed by atoms with E-state index in [1.54, 1.807) is 22.7 Å². The van der Waals surface area contributed by atoms with Gasteiger partial charge in [0.05, 0.1) is 11.2 Å². The smallest absolute Gasteiger partial charge is 0.0932 e. The van der Waals surface area contributed by atoms with Crippen LogP contribution in [-0.2, 0) is 11.2 Å². The summed E-state index contributed by atoms with van der Waals surface area (Å²) in [6, 6.07) is 17.8. The van der Waals surface area contributed by atoms with Gasteiger partial charge in [-0.25, -0.2) is 0 Å². The molecule has 3 aromatic carbocycles. The van der Waals surface area contributed by atoms with Crippen LogP contribution in [0.1, 0.15) is 37.4 Å². The summed E-state index contributed by atoms with van der Waals surface area (Å²) in [4.78, 5) is 1.98. The maximum absolute atomic E-state index is 10.7. The minimum Gasteiger partial charge on any atom is -0.385 e. The second kappa shape index (κ2) is 6.78. The van der Waals surface area contributed by atoms with Gasteiger partial charge in [-0.3, -0.25) is 0 Å². The topological polar surface area (TPSA) is 40.5 Å². The Bertz CT molecular complexity index is 1790. The summed E-state index contributed by atoms with van der Waals surface area (Å²) in [7, 11) is 0. The Morgan fingerprint density at radius 2 is 0.794 bits per heavy atom. The Morgan fingerprint density at radius 3 is 1.15 bits per heavy atom. The summed E-state index contributed by atoms with van der Waals surface area (Å²) in [6.07, 6.45) is 0. The van der Waals surface area contributed by atoms with E-state index in [2.05, 4.69) is 48.5 Å². The van der Waals surface area contributed by atoms with E-state index in [9.17, 15) is 10.2 Å². The molecule has 0 bridgehead atoms. The number of hydrogen-bond donors (Lipinski definition) is 2. The zero-order valence-corrected chi connectivity index (χ0v) is 22.4. The van der Waals surface area contributed by atoms with Crippen LogP contribution in [0.5, 0.6) is 0 Å². The number of fused-ring (bicyclic) bond motifs is 11. The van der Waals surface area contributed by atoms with E-state index in [4.69, 9.17) is 0 Å². The molecule has 0 radical (unpaired) electrons. The summed E-state index contributed by atoms with van der Waals surface area (Å²) >= 11 is 7.05. The third-order valence-electron chi connectivity index (χ3n) is 6.60. The molecule has 0 atom stereocenters. The van der Waals surface area contributed by atoms with Crippen LogP contribution in [0.25, 0.3) is 60.5 Å². The SMILES string of the molecule is CC(C)(O)c1cc2c(ccc3sc4ccc5sc6ccc7sc(C(C)(C)O)cc7c6c5c4c32)s1. The van der Waals surface area contributed by atoms with E-state index in [0.29, 0.717) is 0 Å². The van der Waals surface area contributed by atoms with Gasteiger partial charge in [0.25, 0.3) is 0 Å². The van der Waals surface area contributed by atoms with Gasteiger partial charge in [0.2, 0.25) is 0 Å². The van der Waals surface area contributed by atoms with Crippen molar-refractivity contribution < 1.29 is 10.2 Å². The van der Waals surface area contributed by atoms with Crippen molar-refractivity contribution in [2.45, 2.75) is 38.9 Å². The molecule has 0 saturated heterocycles. The lowest BCUT2D eigenvalue weighted by Crippen LogP contribution is -2.12. The van der Waals surface area contributed by atoms with Gasteiger partial charge in [-0.2, -0.15) is 0 Å². The van der Waals surface area contributed by atoms with Crippen molar-refractivity contribution in [1.82, 2.24) is 0 Å².